The second-order valence-electron chi connectivity index (χ2n) is 4.25. The Morgan fingerprint density at radius 2 is 2.06 bits per heavy atom. The zero-order valence-corrected chi connectivity index (χ0v) is 12.2. The molecule has 1 atom stereocenters. The highest BCUT2D eigenvalue weighted by Crippen LogP contribution is 2.24. The minimum absolute atomic E-state index is 0.147. The molecule has 1 unspecified atom stereocenters. The Balaban J connectivity index is 2.12. The summed E-state index contributed by atoms with van der Waals surface area (Å²) in [6.07, 6.45) is 2.88. The van der Waals surface area contributed by atoms with E-state index in [9.17, 15) is 0 Å². The van der Waals surface area contributed by atoms with Gasteiger partial charge in [-0.25, -0.2) is 4.98 Å². The predicted molar refractivity (Wildman–Crippen MR) is 76.3 cm³/mol. The third-order valence-corrected chi connectivity index (χ3v) is 3.25. The molecule has 18 heavy (non-hydrogen) atoms. The van der Waals surface area contributed by atoms with Gasteiger partial charge >= 0.3 is 0 Å². The zero-order valence-electron chi connectivity index (χ0n) is 10.6. The SMILES string of the molecule is CCCNC(C)c1ncc(-c2ccc(Br)cc2)o1. The number of oxazole rings is 1. The van der Waals surface area contributed by atoms with Crippen LogP contribution in [0.3, 0.4) is 0 Å². The maximum absolute atomic E-state index is 5.78. The molecule has 0 saturated carbocycles. The van der Waals surface area contributed by atoms with Crippen LogP contribution in [0.2, 0.25) is 0 Å². The Morgan fingerprint density at radius 1 is 1.33 bits per heavy atom. The summed E-state index contributed by atoms with van der Waals surface area (Å²) in [4.78, 5) is 4.33. The third kappa shape index (κ3) is 3.21. The average molecular weight is 309 g/mol. The van der Waals surface area contributed by atoms with Crippen LogP contribution in [0, 0.1) is 0 Å². The Hall–Kier alpha value is -1.13. The maximum Gasteiger partial charge on any atom is 0.211 e. The molecule has 3 nitrogen and oxygen atoms in total. The molecule has 96 valence electrons. The largest absolute Gasteiger partial charge is 0.439 e. The van der Waals surface area contributed by atoms with Gasteiger partial charge in [0.1, 0.15) is 0 Å². The molecule has 1 N–H and O–H groups in total. The van der Waals surface area contributed by atoms with Crippen molar-refractivity contribution in [1.29, 1.82) is 0 Å². The highest BCUT2D eigenvalue weighted by atomic mass is 79.9. The molecule has 0 aliphatic carbocycles. The molecule has 0 radical (unpaired) electrons. The molecule has 4 heteroatoms. The minimum Gasteiger partial charge on any atom is -0.439 e. The van der Waals surface area contributed by atoms with Crippen LogP contribution in [0.15, 0.2) is 39.4 Å². The van der Waals surface area contributed by atoms with Gasteiger partial charge in [-0.2, -0.15) is 0 Å². The molecule has 0 saturated heterocycles. The van der Waals surface area contributed by atoms with Crippen molar-refractivity contribution in [3.63, 3.8) is 0 Å². The Kier molecular flexibility index (Phi) is 4.55. The lowest BCUT2D eigenvalue weighted by atomic mass is 10.2. The Labute approximate surface area is 116 Å². The van der Waals surface area contributed by atoms with Gasteiger partial charge in [-0.3, -0.25) is 0 Å². The monoisotopic (exact) mass is 308 g/mol. The fourth-order valence-corrected chi connectivity index (χ4v) is 1.95. The van der Waals surface area contributed by atoms with Gasteiger partial charge in [0.05, 0.1) is 12.2 Å². The first-order valence-electron chi connectivity index (χ1n) is 6.15. The van der Waals surface area contributed by atoms with Crippen LogP contribution in [0.4, 0.5) is 0 Å². The molecule has 0 fully saturated rings. The number of halogens is 1. The van der Waals surface area contributed by atoms with Crippen molar-refractivity contribution < 1.29 is 4.42 Å². The smallest absolute Gasteiger partial charge is 0.211 e. The number of benzene rings is 1. The normalized spacial score (nSPS) is 12.6. The number of nitrogens with zero attached hydrogens (tertiary/aromatic N) is 1. The van der Waals surface area contributed by atoms with Crippen molar-refractivity contribution in [2.75, 3.05) is 6.54 Å². The van der Waals surface area contributed by atoms with Crippen LogP contribution in [0.5, 0.6) is 0 Å². The van der Waals surface area contributed by atoms with E-state index in [-0.39, 0.29) is 6.04 Å². The van der Waals surface area contributed by atoms with E-state index in [1.165, 1.54) is 0 Å². The van der Waals surface area contributed by atoms with Crippen LogP contribution in [0.1, 0.15) is 32.2 Å². The molecule has 1 aromatic carbocycles. The predicted octanol–water partition coefficient (Wildman–Crippen LogP) is 4.16. The van der Waals surface area contributed by atoms with E-state index in [0.29, 0.717) is 0 Å². The van der Waals surface area contributed by atoms with Crippen molar-refractivity contribution >= 4 is 15.9 Å². The van der Waals surface area contributed by atoms with Crippen LogP contribution in [0.25, 0.3) is 11.3 Å². The van der Waals surface area contributed by atoms with E-state index in [1.54, 1.807) is 6.20 Å². The summed E-state index contributed by atoms with van der Waals surface area (Å²) in [5.41, 5.74) is 1.04. The lowest BCUT2D eigenvalue weighted by Gasteiger charge is -2.08. The number of nitrogens with one attached hydrogen (secondary N) is 1. The van der Waals surface area contributed by atoms with Crippen LogP contribution >= 0.6 is 15.9 Å². The zero-order chi connectivity index (χ0) is 13.0. The number of hydrogen-bond acceptors (Lipinski definition) is 3. The second kappa shape index (κ2) is 6.16. The van der Waals surface area contributed by atoms with Gasteiger partial charge in [0.2, 0.25) is 5.89 Å². The van der Waals surface area contributed by atoms with Gasteiger partial charge in [0.25, 0.3) is 0 Å². The highest BCUT2D eigenvalue weighted by molar-refractivity contribution is 9.10. The third-order valence-electron chi connectivity index (χ3n) is 2.72. The summed E-state index contributed by atoms with van der Waals surface area (Å²) in [6, 6.07) is 8.16. The summed E-state index contributed by atoms with van der Waals surface area (Å²) in [6.45, 7) is 5.17. The fraction of sp³-hybridized carbons (Fsp3) is 0.357. The number of aromatic nitrogens is 1. The second-order valence-corrected chi connectivity index (χ2v) is 5.16. The molecule has 0 bridgehead atoms. The van der Waals surface area contributed by atoms with Gasteiger partial charge in [-0.15, -0.1) is 0 Å². The standard InChI is InChI=1S/C14H17BrN2O/c1-3-8-16-10(2)14-17-9-13(18-14)11-4-6-12(15)7-5-11/h4-7,9-10,16H,3,8H2,1-2H3. The molecule has 0 aliphatic rings. The molecule has 2 aromatic rings. The highest BCUT2D eigenvalue weighted by Gasteiger charge is 2.12. The molecule has 0 aliphatic heterocycles. The van der Waals surface area contributed by atoms with E-state index in [4.69, 9.17) is 4.42 Å². The van der Waals surface area contributed by atoms with Crippen LogP contribution in [-0.4, -0.2) is 11.5 Å². The quantitative estimate of drug-likeness (QED) is 0.901. The van der Waals surface area contributed by atoms with Crippen molar-refractivity contribution in [3.05, 3.63) is 40.8 Å². The minimum atomic E-state index is 0.147. The summed E-state index contributed by atoms with van der Waals surface area (Å²) >= 11 is 3.42. The lowest BCUT2D eigenvalue weighted by molar-refractivity contribution is 0.423. The summed E-state index contributed by atoms with van der Waals surface area (Å²) in [7, 11) is 0. The van der Waals surface area contributed by atoms with E-state index in [0.717, 1.165) is 34.7 Å². The molecule has 0 amide bonds. The van der Waals surface area contributed by atoms with Crippen molar-refractivity contribution in [2.24, 2.45) is 0 Å². The maximum atomic E-state index is 5.78. The van der Waals surface area contributed by atoms with Crippen molar-refractivity contribution in [3.8, 4) is 11.3 Å². The average Bonchev–Trinajstić information content (AvgIpc) is 2.86. The van der Waals surface area contributed by atoms with Gasteiger partial charge < -0.3 is 9.73 Å². The van der Waals surface area contributed by atoms with Gasteiger partial charge in [-0.05, 0) is 32.0 Å². The Bertz CT molecular complexity index is 493. The summed E-state index contributed by atoms with van der Waals surface area (Å²) in [5.74, 6) is 1.55. The molecular weight excluding hydrogens is 292 g/mol. The first-order chi connectivity index (χ1) is 8.70. The van der Waals surface area contributed by atoms with Crippen LogP contribution < -0.4 is 5.32 Å². The van der Waals surface area contributed by atoms with E-state index in [1.807, 2.05) is 24.3 Å². The van der Waals surface area contributed by atoms with Crippen molar-refractivity contribution in [2.45, 2.75) is 26.3 Å². The van der Waals surface area contributed by atoms with Gasteiger partial charge in [0, 0.05) is 10.0 Å². The number of hydrogen-bond donors (Lipinski definition) is 1. The van der Waals surface area contributed by atoms with E-state index >= 15 is 0 Å². The molecular formula is C14H17BrN2O. The molecule has 2 rings (SSSR count). The molecule has 0 spiro atoms. The lowest BCUT2D eigenvalue weighted by Crippen LogP contribution is -2.19. The first-order valence-corrected chi connectivity index (χ1v) is 6.95. The molecule has 1 heterocycles. The van der Waals surface area contributed by atoms with Gasteiger partial charge in [-0.1, -0.05) is 35.0 Å². The molecule has 1 aromatic heterocycles. The van der Waals surface area contributed by atoms with Gasteiger partial charge in [0.15, 0.2) is 5.76 Å². The van der Waals surface area contributed by atoms with E-state index < -0.39 is 0 Å². The van der Waals surface area contributed by atoms with E-state index in [2.05, 4.69) is 40.1 Å². The first kappa shape index (κ1) is 13.3. The summed E-state index contributed by atoms with van der Waals surface area (Å²) < 4.78 is 6.84. The number of rotatable bonds is 5. The van der Waals surface area contributed by atoms with Crippen LogP contribution in [-0.2, 0) is 0 Å². The fourth-order valence-electron chi connectivity index (χ4n) is 1.68. The topological polar surface area (TPSA) is 38.1 Å². The van der Waals surface area contributed by atoms with Crippen molar-refractivity contribution in [1.82, 2.24) is 10.3 Å². The Morgan fingerprint density at radius 3 is 2.72 bits per heavy atom. The summed E-state index contributed by atoms with van der Waals surface area (Å²) in [5, 5.41) is 3.36.